The van der Waals surface area contributed by atoms with Gasteiger partial charge in [-0.2, -0.15) is 0 Å². The van der Waals surface area contributed by atoms with Crippen LogP contribution < -0.4 is 0 Å². The minimum Gasteiger partial charge on any atom is -0.456 e. The SMILES string of the molecule is c1ccc(-c2ccccc2-c2cc(-c3ccc(-c4ccc5c(c4)oc4ccc6ccccc6c45)cc3)nc(-c3c4ccccc4cc4c3ccc3ccccc34)n2)cc1. The van der Waals surface area contributed by atoms with E-state index in [2.05, 4.69) is 206 Å². The van der Waals surface area contributed by atoms with E-state index in [1.165, 1.54) is 26.9 Å². The summed E-state index contributed by atoms with van der Waals surface area (Å²) in [5, 5.41) is 11.7. The summed E-state index contributed by atoms with van der Waals surface area (Å²) in [5.74, 6) is 0.699. The van der Waals surface area contributed by atoms with Gasteiger partial charge in [0.05, 0.1) is 11.4 Å². The van der Waals surface area contributed by atoms with Crippen molar-refractivity contribution >= 4 is 65.0 Å². The van der Waals surface area contributed by atoms with Gasteiger partial charge in [0.25, 0.3) is 0 Å². The van der Waals surface area contributed by atoms with Gasteiger partial charge in [-0.25, -0.2) is 9.97 Å². The Morgan fingerprint density at radius 3 is 1.75 bits per heavy atom. The molecule has 12 aromatic rings. The Morgan fingerprint density at radius 2 is 0.915 bits per heavy atom. The van der Waals surface area contributed by atoms with Gasteiger partial charge in [0.15, 0.2) is 5.82 Å². The van der Waals surface area contributed by atoms with Crippen molar-refractivity contribution in [3.05, 3.63) is 206 Å². The van der Waals surface area contributed by atoms with Crippen molar-refractivity contribution in [3.63, 3.8) is 0 Å². The van der Waals surface area contributed by atoms with Crippen LogP contribution >= 0.6 is 0 Å². The molecule has 3 nitrogen and oxygen atoms in total. The largest absolute Gasteiger partial charge is 0.456 e. The zero-order valence-electron chi connectivity index (χ0n) is 31.9. The Bertz CT molecular complexity index is 3600. The Kier molecular flexibility index (Phi) is 7.54. The molecule has 0 radical (unpaired) electrons. The van der Waals surface area contributed by atoms with E-state index in [4.69, 9.17) is 14.4 Å². The molecule has 0 N–H and O–H groups in total. The van der Waals surface area contributed by atoms with E-state index < -0.39 is 0 Å². The zero-order valence-corrected chi connectivity index (χ0v) is 31.9. The van der Waals surface area contributed by atoms with Crippen LogP contribution in [0.15, 0.2) is 211 Å². The summed E-state index contributed by atoms with van der Waals surface area (Å²) in [4.78, 5) is 10.9. The highest BCUT2D eigenvalue weighted by Gasteiger charge is 2.19. The maximum Gasteiger partial charge on any atom is 0.161 e. The number of aromatic nitrogens is 2. The average Bonchev–Trinajstić information content (AvgIpc) is 3.69. The van der Waals surface area contributed by atoms with Gasteiger partial charge in [-0.1, -0.05) is 176 Å². The molecule has 2 heterocycles. The van der Waals surface area contributed by atoms with Crippen molar-refractivity contribution in [2.24, 2.45) is 0 Å². The molecule has 0 aliphatic rings. The van der Waals surface area contributed by atoms with Crippen molar-refractivity contribution < 1.29 is 4.42 Å². The zero-order chi connectivity index (χ0) is 38.9. The lowest BCUT2D eigenvalue weighted by Gasteiger charge is -2.16. The Labute approximate surface area is 340 Å². The predicted octanol–water partition coefficient (Wildman–Crippen LogP) is 15.3. The molecule has 0 spiro atoms. The highest BCUT2D eigenvalue weighted by Crippen LogP contribution is 2.42. The van der Waals surface area contributed by atoms with Crippen LogP contribution in [0.25, 0.3) is 121 Å². The molecule has 0 bridgehead atoms. The molecule has 10 aromatic carbocycles. The van der Waals surface area contributed by atoms with Crippen molar-refractivity contribution in [2.45, 2.75) is 0 Å². The summed E-state index contributed by atoms with van der Waals surface area (Å²) in [5.41, 5.74) is 11.1. The van der Waals surface area contributed by atoms with Crippen LogP contribution in [-0.4, -0.2) is 9.97 Å². The van der Waals surface area contributed by atoms with Gasteiger partial charge < -0.3 is 4.42 Å². The number of nitrogens with zero attached hydrogens (tertiary/aromatic N) is 2. The van der Waals surface area contributed by atoms with Crippen LogP contribution in [0.1, 0.15) is 0 Å². The van der Waals surface area contributed by atoms with Crippen molar-refractivity contribution in [1.82, 2.24) is 9.97 Å². The molecule has 12 rings (SSSR count). The summed E-state index contributed by atoms with van der Waals surface area (Å²) in [6.45, 7) is 0. The van der Waals surface area contributed by atoms with Gasteiger partial charge in [-0.15, -0.1) is 0 Å². The summed E-state index contributed by atoms with van der Waals surface area (Å²) in [6, 6.07) is 73.3. The first-order valence-electron chi connectivity index (χ1n) is 20.1. The number of fused-ring (bicyclic) bond motifs is 9. The highest BCUT2D eigenvalue weighted by atomic mass is 16.3. The molecule has 0 amide bonds. The molecule has 0 aliphatic carbocycles. The molecule has 2 aromatic heterocycles. The molecule has 0 saturated carbocycles. The topological polar surface area (TPSA) is 38.9 Å². The lowest BCUT2D eigenvalue weighted by molar-refractivity contribution is 0.669. The quantitative estimate of drug-likeness (QED) is 0.130. The van der Waals surface area contributed by atoms with E-state index in [9.17, 15) is 0 Å². The van der Waals surface area contributed by atoms with Gasteiger partial charge in [0, 0.05) is 27.5 Å². The highest BCUT2D eigenvalue weighted by molar-refractivity contribution is 6.20. The van der Waals surface area contributed by atoms with Crippen LogP contribution in [0, 0.1) is 0 Å². The van der Waals surface area contributed by atoms with E-state index in [1.807, 2.05) is 0 Å². The summed E-state index contributed by atoms with van der Waals surface area (Å²) in [6.07, 6.45) is 0. The van der Waals surface area contributed by atoms with E-state index >= 15 is 0 Å². The molecule has 0 aliphatic heterocycles. The lowest BCUT2D eigenvalue weighted by Crippen LogP contribution is -1.98. The van der Waals surface area contributed by atoms with Crippen molar-refractivity contribution in [3.8, 4) is 56.2 Å². The van der Waals surface area contributed by atoms with E-state index in [0.29, 0.717) is 5.82 Å². The minimum absolute atomic E-state index is 0.699. The molecule has 274 valence electrons. The number of hydrogen-bond donors (Lipinski definition) is 0. The van der Waals surface area contributed by atoms with E-state index in [1.54, 1.807) is 0 Å². The van der Waals surface area contributed by atoms with Crippen LogP contribution in [-0.2, 0) is 0 Å². The van der Waals surface area contributed by atoms with Crippen molar-refractivity contribution in [1.29, 1.82) is 0 Å². The summed E-state index contributed by atoms with van der Waals surface area (Å²) < 4.78 is 6.44. The van der Waals surface area contributed by atoms with Gasteiger partial charge in [-0.3, -0.25) is 0 Å². The fraction of sp³-hybridized carbons (Fsp3) is 0. The predicted molar refractivity (Wildman–Crippen MR) is 247 cm³/mol. The standard InChI is InChI=1S/C56H34N2O/c1-2-12-36(13-3-1)42-17-10-11-21-46(42)51-34-50(57-56(58-51)55-45-20-9-6-16-41(45)32-49-43-18-7-4-14-37(43)26-29-47(49)55)39-24-22-35(23-25-39)40-27-30-48-53(33-40)59-52-31-28-38-15-5-8-19-44(38)54(48)52/h1-34H. The van der Waals surface area contributed by atoms with Crippen LogP contribution in [0.4, 0.5) is 0 Å². The van der Waals surface area contributed by atoms with E-state index in [-0.39, 0.29) is 0 Å². The third-order valence-electron chi connectivity index (χ3n) is 11.9. The van der Waals surface area contributed by atoms with Crippen LogP contribution in [0.5, 0.6) is 0 Å². The van der Waals surface area contributed by atoms with E-state index in [0.717, 1.165) is 88.4 Å². The minimum atomic E-state index is 0.699. The van der Waals surface area contributed by atoms with Gasteiger partial charge in [0.2, 0.25) is 0 Å². The molecule has 3 heteroatoms. The third-order valence-corrected chi connectivity index (χ3v) is 11.9. The van der Waals surface area contributed by atoms with Gasteiger partial charge in [-0.05, 0) is 95.7 Å². The summed E-state index contributed by atoms with van der Waals surface area (Å²) >= 11 is 0. The normalized spacial score (nSPS) is 11.7. The Morgan fingerprint density at radius 1 is 0.305 bits per heavy atom. The molecule has 0 fully saturated rings. The average molecular weight is 751 g/mol. The first kappa shape index (κ1) is 33.3. The molecule has 59 heavy (non-hydrogen) atoms. The fourth-order valence-corrected chi connectivity index (χ4v) is 9.04. The number of benzene rings is 10. The molecule has 0 saturated heterocycles. The second kappa shape index (κ2) is 13.4. The molecular formula is C56H34N2O. The first-order valence-corrected chi connectivity index (χ1v) is 20.1. The second-order valence-corrected chi connectivity index (χ2v) is 15.3. The number of rotatable bonds is 5. The number of hydrogen-bond acceptors (Lipinski definition) is 3. The summed E-state index contributed by atoms with van der Waals surface area (Å²) in [7, 11) is 0. The van der Waals surface area contributed by atoms with Gasteiger partial charge >= 0.3 is 0 Å². The molecular weight excluding hydrogens is 717 g/mol. The van der Waals surface area contributed by atoms with Crippen LogP contribution in [0.2, 0.25) is 0 Å². The fourth-order valence-electron chi connectivity index (χ4n) is 9.04. The maximum absolute atomic E-state index is 6.44. The lowest BCUT2D eigenvalue weighted by atomic mass is 9.92. The smallest absolute Gasteiger partial charge is 0.161 e. The Balaban J connectivity index is 1.04. The third kappa shape index (κ3) is 5.51. The first-order chi connectivity index (χ1) is 29.2. The van der Waals surface area contributed by atoms with Crippen molar-refractivity contribution in [2.75, 3.05) is 0 Å². The van der Waals surface area contributed by atoms with Crippen LogP contribution in [0.3, 0.4) is 0 Å². The van der Waals surface area contributed by atoms with Gasteiger partial charge in [0.1, 0.15) is 11.2 Å². The second-order valence-electron chi connectivity index (χ2n) is 15.3. The number of furan rings is 1. The maximum atomic E-state index is 6.44. The Hall–Kier alpha value is -7.88. The molecule has 0 atom stereocenters. The monoisotopic (exact) mass is 750 g/mol. The molecule has 0 unspecified atom stereocenters.